The van der Waals surface area contributed by atoms with E-state index < -0.39 is 7.82 Å². The Kier molecular flexibility index (Phi) is 20.8. The van der Waals surface area contributed by atoms with Gasteiger partial charge in [-0.1, -0.05) is 44.7 Å². The highest BCUT2D eigenvalue weighted by molar-refractivity contribution is 7.46. The number of phosphoric ester groups is 1. The van der Waals surface area contributed by atoms with Crippen molar-refractivity contribution in [1.82, 2.24) is 5.64 Å². The Bertz CT molecular complexity index is 245. The number of hydrogen-bond acceptors (Lipinski definition) is 7. The summed E-state index contributed by atoms with van der Waals surface area (Å²) in [6.45, 7) is 2.54. The molecule has 0 bridgehead atoms. The average Bonchev–Trinajstić information content (AvgIpc) is 2.46. The summed E-state index contributed by atoms with van der Waals surface area (Å²) >= 11 is 0. The third-order valence-electron chi connectivity index (χ3n) is 2.26. The Balaban J connectivity index is 0. The summed E-state index contributed by atoms with van der Waals surface area (Å²) in [6, 6.07) is 0. The number of hydrogen-bond donors (Lipinski definition) is 5. The van der Waals surface area contributed by atoms with Gasteiger partial charge >= 0.3 is 7.82 Å². The summed E-state index contributed by atoms with van der Waals surface area (Å²) in [5, 5.41) is 16.3. The van der Waals surface area contributed by atoms with Crippen LogP contribution in [0.15, 0.2) is 0 Å². The fourth-order valence-corrected chi connectivity index (χ4v) is 1.65. The molecule has 0 aromatic rings. The fraction of sp³-hybridized carbons (Fsp3) is 1.00. The lowest BCUT2D eigenvalue weighted by Gasteiger charge is -2.04. The number of rotatable bonds is 14. The van der Waals surface area contributed by atoms with Crippen molar-refractivity contribution in [2.75, 3.05) is 33.0 Å². The lowest BCUT2D eigenvalue weighted by atomic mass is 10.1. The molecule has 10 heteroatoms. The SMILES string of the molecule is CCCCCCCCOP(=O)(O)O.OCCONOCCO. The predicted octanol–water partition coefficient (Wildman–Crippen LogP) is 0.880. The van der Waals surface area contributed by atoms with Crippen molar-refractivity contribution in [3.63, 3.8) is 0 Å². The molecule has 9 nitrogen and oxygen atoms in total. The second-order valence-electron chi connectivity index (χ2n) is 4.32. The normalized spacial score (nSPS) is 11.1. The Morgan fingerprint density at radius 2 is 1.36 bits per heavy atom. The third kappa shape index (κ3) is 28.1. The van der Waals surface area contributed by atoms with Crippen LogP contribution in [0.5, 0.6) is 0 Å². The van der Waals surface area contributed by atoms with Gasteiger partial charge in [-0.05, 0) is 6.42 Å². The van der Waals surface area contributed by atoms with Gasteiger partial charge < -0.3 is 20.0 Å². The topological polar surface area (TPSA) is 138 Å². The van der Waals surface area contributed by atoms with Crippen molar-refractivity contribution in [2.24, 2.45) is 0 Å². The zero-order chi connectivity index (χ0) is 17.1. The predicted molar refractivity (Wildman–Crippen MR) is 80.6 cm³/mol. The van der Waals surface area contributed by atoms with Crippen molar-refractivity contribution < 1.29 is 38.8 Å². The molecule has 0 aromatic carbocycles. The minimum atomic E-state index is -4.23. The standard InChI is InChI=1S/C8H19O4P.C4H11NO4/c1-2-3-4-5-6-7-8-12-13(9,10)11;6-1-3-8-5-9-4-2-7/h2-8H2,1H3,(H2,9,10,11);5-7H,1-4H2. The number of phosphoric acid groups is 1. The van der Waals surface area contributed by atoms with E-state index in [2.05, 4.69) is 26.8 Å². The second kappa shape index (κ2) is 19.0. The van der Waals surface area contributed by atoms with Crippen LogP contribution in [0.1, 0.15) is 45.4 Å². The quantitative estimate of drug-likeness (QED) is 0.176. The fourth-order valence-electron chi connectivity index (χ4n) is 1.28. The van der Waals surface area contributed by atoms with Gasteiger partial charge in [0.05, 0.1) is 33.0 Å². The van der Waals surface area contributed by atoms with E-state index in [1.165, 1.54) is 19.3 Å². The van der Waals surface area contributed by atoms with Crippen LogP contribution < -0.4 is 5.64 Å². The highest BCUT2D eigenvalue weighted by Crippen LogP contribution is 2.35. The molecule has 22 heavy (non-hydrogen) atoms. The number of nitrogens with one attached hydrogen (secondary N) is 1. The largest absolute Gasteiger partial charge is 0.469 e. The van der Waals surface area contributed by atoms with Crippen LogP contribution >= 0.6 is 7.82 Å². The molecule has 0 aliphatic rings. The Labute approximate surface area is 131 Å². The first kappa shape index (κ1) is 24.2. The Hall–Kier alpha value is -0.0900. The third-order valence-corrected chi connectivity index (χ3v) is 2.78. The summed E-state index contributed by atoms with van der Waals surface area (Å²) in [6.07, 6.45) is 6.48. The molecule has 0 spiro atoms. The molecule has 0 saturated heterocycles. The van der Waals surface area contributed by atoms with Crippen molar-refractivity contribution in [3.05, 3.63) is 0 Å². The van der Waals surface area contributed by atoms with E-state index in [9.17, 15) is 4.57 Å². The molecular weight excluding hydrogens is 317 g/mol. The Morgan fingerprint density at radius 1 is 0.864 bits per heavy atom. The van der Waals surface area contributed by atoms with Gasteiger partial charge in [0.15, 0.2) is 0 Å². The summed E-state index contributed by atoms with van der Waals surface area (Å²) in [5.41, 5.74) is 2.07. The van der Waals surface area contributed by atoms with E-state index in [1.54, 1.807) is 0 Å². The molecule has 0 radical (unpaired) electrons. The molecule has 5 N–H and O–H groups in total. The van der Waals surface area contributed by atoms with Crippen LogP contribution in [0.4, 0.5) is 0 Å². The van der Waals surface area contributed by atoms with E-state index in [0.717, 1.165) is 19.3 Å². The maximum atomic E-state index is 10.2. The smallest absolute Gasteiger partial charge is 0.394 e. The molecule has 0 saturated carbocycles. The first-order valence-corrected chi connectivity index (χ1v) is 8.91. The number of unbranched alkanes of at least 4 members (excludes halogenated alkanes) is 5. The Morgan fingerprint density at radius 3 is 1.82 bits per heavy atom. The van der Waals surface area contributed by atoms with Gasteiger partial charge in [-0.3, -0.25) is 14.2 Å². The molecule has 0 heterocycles. The molecule has 0 fully saturated rings. The van der Waals surface area contributed by atoms with E-state index >= 15 is 0 Å². The van der Waals surface area contributed by atoms with Gasteiger partial charge in [0.25, 0.3) is 0 Å². The summed E-state index contributed by atoms with van der Waals surface area (Å²) in [7, 11) is -4.23. The van der Waals surface area contributed by atoms with Crippen LogP contribution in [0, 0.1) is 0 Å². The second-order valence-corrected chi connectivity index (χ2v) is 5.56. The van der Waals surface area contributed by atoms with E-state index in [-0.39, 0.29) is 33.0 Å². The summed E-state index contributed by atoms with van der Waals surface area (Å²) < 4.78 is 14.5. The van der Waals surface area contributed by atoms with E-state index in [0.29, 0.717) is 0 Å². The zero-order valence-corrected chi connectivity index (χ0v) is 14.0. The number of aliphatic hydroxyl groups is 2. The van der Waals surface area contributed by atoms with Crippen molar-refractivity contribution in [2.45, 2.75) is 45.4 Å². The molecule has 0 amide bonds. The molecule has 0 aliphatic carbocycles. The van der Waals surface area contributed by atoms with Crippen molar-refractivity contribution >= 4 is 7.82 Å². The van der Waals surface area contributed by atoms with Gasteiger partial charge in [0, 0.05) is 0 Å². The lowest BCUT2D eigenvalue weighted by Crippen LogP contribution is -2.19. The maximum absolute atomic E-state index is 10.2. The molecule has 0 aliphatic heterocycles. The summed E-state index contributed by atoms with van der Waals surface area (Å²) in [5.74, 6) is 0. The van der Waals surface area contributed by atoms with Crippen molar-refractivity contribution in [3.8, 4) is 0 Å². The zero-order valence-electron chi connectivity index (χ0n) is 13.1. The molecule has 0 unspecified atom stereocenters. The molecule has 0 aromatic heterocycles. The van der Waals surface area contributed by atoms with Crippen LogP contribution in [0.2, 0.25) is 0 Å². The lowest BCUT2D eigenvalue weighted by molar-refractivity contribution is -0.178. The van der Waals surface area contributed by atoms with Gasteiger partial charge in [-0.15, -0.1) is 0 Å². The molecular formula is C12H30NO8P. The van der Waals surface area contributed by atoms with Crippen LogP contribution in [0.3, 0.4) is 0 Å². The highest BCUT2D eigenvalue weighted by atomic mass is 31.2. The summed E-state index contributed by atoms with van der Waals surface area (Å²) in [4.78, 5) is 25.6. The highest BCUT2D eigenvalue weighted by Gasteiger charge is 2.12. The van der Waals surface area contributed by atoms with Crippen LogP contribution in [-0.2, 0) is 18.8 Å². The first-order chi connectivity index (χ1) is 10.5. The van der Waals surface area contributed by atoms with Crippen molar-refractivity contribution in [1.29, 1.82) is 0 Å². The van der Waals surface area contributed by atoms with E-state index in [4.69, 9.17) is 20.0 Å². The van der Waals surface area contributed by atoms with E-state index in [1.807, 2.05) is 0 Å². The minimum absolute atomic E-state index is 0.0600. The maximum Gasteiger partial charge on any atom is 0.469 e. The van der Waals surface area contributed by atoms with Gasteiger partial charge in [0.2, 0.25) is 0 Å². The molecule has 0 atom stereocenters. The van der Waals surface area contributed by atoms with Gasteiger partial charge in [0.1, 0.15) is 0 Å². The van der Waals surface area contributed by atoms with Crippen LogP contribution in [-0.4, -0.2) is 53.0 Å². The minimum Gasteiger partial charge on any atom is -0.394 e. The van der Waals surface area contributed by atoms with Gasteiger partial charge in [-0.25, -0.2) is 4.57 Å². The number of aliphatic hydroxyl groups excluding tert-OH is 2. The molecule has 136 valence electrons. The first-order valence-electron chi connectivity index (χ1n) is 7.38. The van der Waals surface area contributed by atoms with Gasteiger partial charge in [-0.2, -0.15) is 0 Å². The molecule has 0 rings (SSSR count). The monoisotopic (exact) mass is 347 g/mol. The van der Waals surface area contributed by atoms with Crippen LogP contribution in [0.25, 0.3) is 0 Å². The average molecular weight is 347 g/mol.